The van der Waals surface area contributed by atoms with E-state index >= 15 is 0 Å². The minimum absolute atomic E-state index is 0.109. The quantitative estimate of drug-likeness (QED) is 0.822. The molecule has 0 spiro atoms. The Morgan fingerprint density at radius 3 is 2.38 bits per heavy atom. The van der Waals surface area contributed by atoms with Crippen molar-refractivity contribution in [2.75, 3.05) is 0 Å². The topological polar surface area (TPSA) is 55.1 Å². The van der Waals surface area contributed by atoms with E-state index in [0.717, 1.165) is 29.9 Å². The summed E-state index contributed by atoms with van der Waals surface area (Å²) in [5, 5.41) is 3.16. The number of carbonyl (C=O) groups is 1. The van der Waals surface area contributed by atoms with E-state index in [2.05, 4.69) is 12.2 Å². The third-order valence-electron chi connectivity index (χ3n) is 4.39. The van der Waals surface area contributed by atoms with Crippen LogP contribution in [-0.4, -0.2) is 16.9 Å². The van der Waals surface area contributed by atoms with Gasteiger partial charge in [0, 0.05) is 11.6 Å². The fourth-order valence-corrected chi connectivity index (χ4v) is 3.10. The summed E-state index contributed by atoms with van der Waals surface area (Å²) < 4.78 is 0. The number of thiocarbonyl (C=S) groups is 1. The first-order valence-corrected chi connectivity index (χ1v) is 8.17. The second kappa shape index (κ2) is 7.55. The smallest absolute Gasteiger partial charge is 0.224 e. The molecule has 0 saturated heterocycles. The Labute approximate surface area is 132 Å². The van der Waals surface area contributed by atoms with E-state index in [0.29, 0.717) is 17.5 Å². The van der Waals surface area contributed by atoms with Crippen molar-refractivity contribution in [1.29, 1.82) is 0 Å². The highest BCUT2D eigenvalue weighted by atomic mass is 32.1. The summed E-state index contributed by atoms with van der Waals surface area (Å²) in [7, 11) is 0. The first-order chi connectivity index (χ1) is 10.1. The molecule has 2 rings (SSSR count). The van der Waals surface area contributed by atoms with Crippen LogP contribution in [0, 0.1) is 5.92 Å². The Morgan fingerprint density at radius 1 is 1.24 bits per heavy atom. The second-order valence-corrected chi connectivity index (χ2v) is 6.37. The molecule has 4 heteroatoms. The molecular formula is C17H24N2OS. The lowest BCUT2D eigenvalue weighted by Gasteiger charge is -2.28. The maximum absolute atomic E-state index is 12.1. The molecule has 1 saturated carbocycles. The molecule has 0 bridgehead atoms. The number of rotatable bonds is 5. The summed E-state index contributed by atoms with van der Waals surface area (Å²) in [6, 6.07) is 7.94. The summed E-state index contributed by atoms with van der Waals surface area (Å²) in [6.45, 7) is 2.25. The third-order valence-corrected chi connectivity index (χ3v) is 4.63. The third kappa shape index (κ3) is 4.81. The van der Waals surface area contributed by atoms with Crippen LogP contribution in [0.15, 0.2) is 24.3 Å². The molecule has 0 unspecified atom stereocenters. The molecule has 0 heterocycles. The van der Waals surface area contributed by atoms with E-state index in [9.17, 15) is 4.79 Å². The van der Waals surface area contributed by atoms with Crippen LogP contribution in [0.3, 0.4) is 0 Å². The lowest BCUT2D eigenvalue weighted by molar-refractivity contribution is -0.121. The molecule has 114 valence electrons. The number of nitrogens with two attached hydrogens (primary N) is 1. The molecule has 3 N–H and O–H groups in total. The van der Waals surface area contributed by atoms with E-state index in [1.54, 1.807) is 0 Å². The van der Waals surface area contributed by atoms with Gasteiger partial charge in [0.1, 0.15) is 4.99 Å². The number of hydrogen-bond acceptors (Lipinski definition) is 2. The van der Waals surface area contributed by atoms with Crippen molar-refractivity contribution in [1.82, 2.24) is 5.32 Å². The first kappa shape index (κ1) is 16.0. The highest BCUT2D eigenvalue weighted by Gasteiger charge is 2.21. The fraction of sp³-hybridized carbons (Fsp3) is 0.529. The lowest BCUT2D eigenvalue weighted by atomic mass is 9.84. The van der Waals surface area contributed by atoms with Crippen molar-refractivity contribution in [3.05, 3.63) is 35.4 Å². The molecule has 1 fully saturated rings. The van der Waals surface area contributed by atoms with Crippen molar-refractivity contribution in [3.8, 4) is 0 Å². The molecule has 21 heavy (non-hydrogen) atoms. The fourth-order valence-electron chi connectivity index (χ4n) is 2.97. The maximum Gasteiger partial charge on any atom is 0.224 e. The van der Waals surface area contributed by atoms with Crippen LogP contribution in [0.25, 0.3) is 0 Å². The minimum Gasteiger partial charge on any atom is -0.389 e. The van der Waals surface area contributed by atoms with Gasteiger partial charge in [-0.3, -0.25) is 4.79 Å². The largest absolute Gasteiger partial charge is 0.389 e. The molecule has 0 aliphatic heterocycles. The number of carbonyl (C=O) groups excluding carboxylic acids is 1. The van der Waals surface area contributed by atoms with E-state index in [4.69, 9.17) is 18.0 Å². The number of benzene rings is 1. The van der Waals surface area contributed by atoms with Gasteiger partial charge in [-0.25, -0.2) is 0 Å². The summed E-state index contributed by atoms with van der Waals surface area (Å²) in [6.07, 6.45) is 6.39. The molecule has 1 aliphatic rings. The van der Waals surface area contributed by atoms with E-state index < -0.39 is 0 Å². The van der Waals surface area contributed by atoms with Crippen molar-refractivity contribution in [2.24, 2.45) is 11.7 Å². The Hall–Kier alpha value is -1.42. The average molecular weight is 304 g/mol. The van der Waals surface area contributed by atoms with Crippen LogP contribution in [0.1, 0.15) is 50.2 Å². The van der Waals surface area contributed by atoms with Gasteiger partial charge in [-0.15, -0.1) is 0 Å². The zero-order chi connectivity index (χ0) is 15.2. The monoisotopic (exact) mass is 304 g/mol. The average Bonchev–Trinajstić information content (AvgIpc) is 2.48. The Morgan fingerprint density at radius 2 is 1.86 bits per heavy atom. The predicted molar refractivity (Wildman–Crippen MR) is 90.2 cm³/mol. The van der Waals surface area contributed by atoms with E-state index in [-0.39, 0.29) is 5.91 Å². The summed E-state index contributed by atoms with van der Waals surface area (Å²) in [4.78, 5) is 12.5. The second-order valence-electron chi connectivity index (χ2n) is 5.93. The van der Waals surface area contributed by atoms with Gasteiger partial charge in [0.15, 0.2) is 0 Å². The zero-order valence-corrected chi connectivity index (χ0v) is 13.4. The molecule has 1 aliphatic carbocycles. The SMILES string of the molecule is CCC1CCC(NC(=O)Cc2ccc(C(N)=S)cc2)CC1. The maximum atomic E-state index is 12.1. The highest BCUT2D eigenvalue weighted by molar-refractivity contribution is 7.80. The molecule has 3 nitrogen and oxygen atoms in total. The number of nitrogens with one attached hydrogen (secondary N) is 1. The Balaban J connectivity index is 1.80. The van der Waals surface area contributed by atoms with Crippen molar-refractivity contribution >= 4 is 23.1 Å². The van der Waals surface area contributed by atoms with Crippen LogP contribution in [-0.2, 0) is 11.2 Å². The van der Waals surface area contributed by atoms with Crippen LogP contribution in [0.2, 0.25) is 0 Å². The van der Waals surface area contributed by atoms with Gasteiger partial charge in [-0.2, -0.15) is 0 Å². The van der Waals surface area contributed by atoms with Gasteiger partial charge in [0.25, 0.3) is 0 Å². The van der Waals surface area contributed by atoms with Gasteiger partial charge in [0.05, 0.1) is 6.42 Å². The van der Waals surface area contributed by atoms with Crippen LogP contribution in [0.5, 0.6) is 0 Å². The highest BCUT2D eigenvalue weighted by Crippen LogP contribution is 2.26. The summed E-state index contributed by atoms with van der Waals surface area (Å²) in [5.41, 5.74) is 7.40. The van der Waals surface area contributed by atoms with Gasteiger partial charge < -0.3 is 11.1 Å². The van der Waals surface area contributed by atoms with Gasteiger partial charge >= 0.3 is 0 Å². The Kier molecular flexibility index (Phi) is 5.74. The lowest BCUT2D eigenvalue weighted by Crippen LogP contribution is -2.38. The first-order valence-electron chi connectivity index (χ1n) is 7.76. The zero-order valence-electron chi connectivity index (χ0n) is 12.6. The van der Waals surface area contributed by atoms with Crippen LogP contribution >= 0.6 is 12.2 Å². The predicted octanol–water partition coefficient (Wildman–Crippen LogP) is 2.95. The van der Waals surface area contributed by atoms with Crippen LogP contribution < -0.4 is 11.1 Å². The molecule has 0 aromatic heterocycles. The van der Waals surface area contributed by atoms with E-state index in [1.807, 2.05) is 24.3 Å². The number of hydrogen-bond donors (Lipinski definition) is 2. The minimum atomic E-state index is 0.109. The van der Waals surface area contributed by atoms with Gasteiger partial charge in [-0.05, 0) is 37.2 Å². The molecule has 1 aromatic rings. The van der Waals surface area contributed by atoms with Crippen LogP contribution in [0.4, 0.5) is 0 Å². The van der Waals surface area contributed by atoms with Crippen molar-refractivity contribution in [2.45, 2.75) is 51.5 Å². The Bertz CT molecular complexity index is 490. The van der Waals surface area contributed by atoms with Crippen molar-refractivity contribution < 1.29 is 4.79 Å². The molecule has 1 aromatic carbocycles. The standard InChI is InChI=1S/C17H24N2OS/c1-2-12-5-9-15(10-6-12)19-16(20)11-13-3-7-14(8-4-13)17(18)21/h3-4,7-8,12,15H,2,5-6,9-11H2,1H3,(H2,18,21)(H,19,20). The summed E-state index contributed by atoms with van der Waals surface area (Å²) in [5.74, 6) is 0.962. The number of amides is 1. The van der Waals surface area contributed by atoms with Gasteiger partial charge in [-0.1, -0.05) is 49.8 Å². The summed E-state index contributed by atoms with van der Waals surface area (Å²) >= 11 is 4.92. The molecule has 1 amide bonds. The molecular weight excluding hydrogens is 280 g/mol. The normalized spacial score (nSPS) is 21.8. The van der Waals surface area contributed by atoms with Gasteiger partial charge in [0.2, 0.25) is 5.91 Å². The van der Waals surface area contributed by atoms with Crippen molar-refractivity contribution in [3.63, 3.8) is 0 Å². The molecule has 0 radical (unpaired) electrons. The van der Waals surface area contributed by atoms with E-state index in [1.165, 1.54) is 19.3 Å². The molecule has 0 atom stereocenters.